The van der Waals surface area contributed by atoms with Crippen LogP contribution in [0, 0.1) is 0 Å². The van der Waals surface area contributed by atoms with Gasteiger partial charge in [-0.15, -0.1) is 0 Å². The molecule has 1 heterocycles. The number of H-pyrrole nitrogens is 1. The molecular formula is C45H22N2Na4O17S4. The predicted octanol–water partition coefficient (Wildman–Crippen LogP) is -4.69. The van der Waals surface area contributed by atoms with Crippen molar-refractivity contribution in [2.24, 2.45) is 0 Å². The molecule has 27 heteroatoms. The molecule has 0 spiro atoms. The van der Waals surface area contributed by atoms with Crippen molar-refractivity contribution in [3.8, 4) is 23.0 Å². The minimum atomic E-state index is -5.45. The van der Waals surface area contributed by atoms with Gasteiger partial charge in [0.05, 0.1) is 22.0 Å². The van der Waals surface area contributed by atoms with E-state index in [1.807, 2.05) is 0 Å². The molecule has 0 atom stereocenters. The molecule has 1 aromatic heterocycles. The van der Waals surface area contributed by atoms with Crippen LogP contribution >= 0.6 is 0 Å². The number of pyridine rings is 1. The first-order chi connectivity index (χ1) is 32.1. The van der Waals surface area contributed by atoms with Gasteiger partial charge < -0.3 is 45.2 Å². The summed E-state index contributed by atoms with van der Waals surface area (Å²) >= 11 is 0. The van der Waals surface area contributed by atoms with E-state index in [1.54, 1.807) is 42.5 Å². The summed E-state index contributed by atoms with van der Waals surface area (Å²) in [6.45, 7) is 0. The summed E-state index contributed by atoms with van der Waals surface area (Å²) in [6, 6.07) is 29.9. The van der Waals surface area contributed by atoms with Gasteiger partial charge in [-0.2, -0.15) is 0 Å². The number of hydrogen-bond acceptors (Lipinski definition) is 18. The average molecular weight is 1080 g/mol. The molecule has 2 N–H and O–H groups in total. The Labute approximate surface area is 495 Å². The van der Waals surface area contributed by atoms with Crippen LogP contribution in [-0.4, -0.2) is 56.9 Å². The van der Waals surface area contributed by atoms with Gasteiger partial charge in [-0.3, -0.25) is 4.79 Å². The zero-order valence-corrected chi connectivity index (χ0v) is 48.9. The first kappa shape index (κ1) is 56.1. The zero-order valence-electron chi connectivity index (χ0n) is 37.6. The van der Waals surface area contributed by atoms with E-state index >= 15 is 0 Å². The molecule has 0 saturated heterocycles. The van der Waals surface area contributed by atoms with E-state index in [0.29, 0.717) is 37.8 Å². The molecule has 0 bridgehead atoms. The molecule has 19 nitrogen and oxygen atoms in total. The fraction of sp³-hybridized carbons (Fsp3) is 0. The molecule has 0 unspecified atom stereocenters. The summed E-state index contributed by atoms with van der Waals surface area (Å²) < 4.78 is 165. The van der Waals surface area contributed by atoms with E-state index in [9.17, 15) is 56.7 Å². The standard InChI is InChI=1S/C45H26N2O17S4.4Na/c48-41-30-16-14-24-25-15-17-32-39(45(64-68(58,59)60)29-9-4-2-7-27(29)43(32)62-66(52,53)54)40(25)47-35-19-18-23(36(30)37(24)35)22-13-12-21(20-33(22)41)46-34-11-5-10-31-38(34)44(63-67(55,56)57)28-8-3-1-6-26(28)42(31)61-65(49,50)51;;;;/h1-20,46-47H,(H,49,50,51)(H,52,53,54)(H,55,56,57)(H,58,59,60);;;;/q;4*+1/p-4. The van der Waals surface area contributed by atoms with E-state index in [2.05, 4.69) is 10.3 Å². The van der Waals surface area contributed by atoms with E-state index in [-0.39, 0.29) is 189 Å². The molecule has 0 saturated carbocycles. The molecule has 0 radical (unpaired) electrons. The fourth-order valence-electron chi connectivity index (χ4n) is 9.27. The molecular weight excluding hydrogens is 1060 g/mol. The van der Waals surface area contributed by atoms with Crippen LogP contribution in [0.2, 0.25) is 0 Å². The Hall–Kier alpha value is -3.61. The normalized spacial score (nSPS) is 12.2. The number of anilines is 2. The summed E-state index contributed by atoms with van der Waals surface area (Å²) in [5.74, 6) is -1.86. The molecule has 72 heavy (non-hydrogen) atoms. The quantitative estimate of drug-likeness (QED) is 0.0427. The Morgan fingerprint density at radius 3 is 1.35 bits per heavy atom. The Balaban J connectivity index is 0.00000190. The molecule has 0 aliphatic carbocycles. The van der Waals surface area contributed by atoms with Crippen LogP contribution in [0.3, 0.4) is 0 Å². The van der Waals surface area contributed by atoms with E-state index in [4.69, 9.17) is 16.7 Å². The number of fused-ring (bicyclic) bond motifs is 9. The maximum absolute atomic E-state index is 14.6. The van der Waals surface area contributed by atoms with Crippen LogP contribution in [0.4, 0.5) is 11.4 Å². The summed E-state index contributed by atoms with van der Waals surface area (Å²) in [5.41, 5.74) is 0.470. The average Bonchev–Trinajstić information content (AvgIpc) is 3.26. The second-order valence-corrected chi connectivity index (χ2v) is 19.4. The van der Waals surface area contributed by atoms with Gasteiger partial charge in [0.1, 0.15) is 0 Å². The van der Waals surface area contributed by atoms with Crippen LogP contribution in [0.25, 0.3) is 97.2 Å². The van der Waals surface area contributed by atoms with E-state index in [1.165, 1.54) is 78.9 Å². The molecule has 11 aromatic rings. The topological polar surface area (TPSA) is 311 Å². The van der Waals surface area contributed by atoms with Gasteiger partial charge in [0.15, 0.2) is 28.4 Å². The van der Waals surface area contributed by atoms with Crippen molar-refractivity contribution in [1.29, 1.82) is 0 Å². The second-order valence-electron chi connectivity index (χ2n) is 15.4. The van der Waals surface area contributed by atoms with Crippen molar-refractivity contribution < 1.29 is 187 Å². The maximum Gasteiger partial charge on any atom is 1.00 e. The van der Waals surface area contributed by atoms with Crippen molar-refractivity contribution in [3.05, 3.63) is 132 Å². The fourth-order valence-corrected chi connectivity index (χ4v) is 10.8. The summed E-state index contributed by atoms with van der Waals surface area (Å²) in [5, 5.41) is 6.03. The van der Waals surface area contributed by atoms with Gasteiger partial charge in [0.25, 0.3) is 41.6 Å². The van der Waals surface area contributed by atoms with Gasteiger partial charge in [-0.25, -0.2) is 33.7 Å². The Bertz CT molecular complexity index is 4640. The number of aromatic amines is 1. The van der Waals surface area contributed by atoms with E-state index < -0.39 is 70.0 Å². The van der Waals surface area contributed by atoms with Crippen LogP contribution in [0.1, 0.15) is 0 Å². The van der Waals surface area contributed by atoms with Crippen molar-refractivity contribution in [2.45, 2.75) is 0 Å². The molecule has 11 rings (SSSR count). The molecule has 342 valence electrons. The van der Waals surface area contributed by atoms with Gasteiger partial charge in [-0.1, -0.05) is 84.9 Å². The number of benzene rings is 10. The minimum absolute atomic E-state index is 0. The Morgan fingerprint density at radius 1 is 0.375 bits per heavy atom. The second kappa shape index (κ2) is 20.2. The molecule has 0 aliphatic rings. The van der Waals surface area contributed by atoms with Crippen LogP contribution < -0.4 is 146 Å². The SMILES string of the molecule is O=c1c2cc(Nc3cccc4c(OS(=O)(=O)[O-])c5ccccc5c(OS(=O)(=O)[O-])c34)ccc2c2ccc3[nH]c4c(ccc5c(OS(=O)(=O)[O-])c6ccccc6c(OS(=O)(=O)[O-])c54)c4ccc1c2c34.[Na+].[Na+].[Na+].[Na+]. The van der Waals surface area contributed by atoms with E-state index in [0.717, 1.165) is 0 Å². The van der Waals surface area contributed by atoms with Crippen molar-refractivity contribution in [2.75, 3.05) is 5.32 Å². The summed E-state index contributed by atoms with van der Waals surface area (Å²) in [6.07, 6.45) is 0. The van der Waals surface area contributed by atoms with Crippen LogP contribution in [0.5, 0.6) is 23.0 Å². The van der Waals surface area contributed by atoms with Crippen LogP contribution in [-0.2, 0) is 41.6 Å². The Kier molecular flexibility index (Phi) is 15.7. The first-order valence-electron chi connectivity index (χ1n) is 19.6. The number of aromatic nitrogens is 1. The third kappa shape index (κ3) is 10.0. The van der Waals surface area contributed by atoms with Gasteiger partial charge in [0, 0.05) is 70.5 Å². The monoisotopic (exact) mass is 1080 g/mol. The number of rotatable bonds is 10. The number of nitrogens with one attached hydrogen (secondary N) is 2. The van der Waals surface area contributed by atoms with Gasteiger partial charge >= 0.3 is 118 Å². The summed E-state index contributed by atoms with van der Waals surface area (Å²) in [7, 11) is -21.7. The van der Waals surface area contributed by atoms with Crippen molar-refractivity contribution >= 4 is 150 Å². The third-order valence-electron chi connectivity index (χ3n) is 11.6. The Morgan fingerprint density at radius 2 is 0.792 bits per heavy atom. The van der Waals surface area contributed by atoms with Crippen molar-refractivity contribution in [3.63, 3.8) is 0 Å². The summed E-state index contributed by atoms with van der Waals surface area (Å²) in [4.78, 5) is 17.8. The van der Waals surface area contributed by atoms with Crippen LogP contribution in [0.15, 0.2) is 126 Å². The molecule has 0 aliphatic heterocycles. The maximum atomic E-state index is 14.6. The minimum Gasteiger partial charge on any atom is -0.716 e. The molecule has 0 fully saturated rings. The number of hydrogen-bond donors (Lipinski definition) is 2. The predicted molar refractivity (Wildman–Crippen MR) is 247 cm³/mol. The van der Waals surface area contributed by atoms with Crippen molar-refractivity contribution in [1.82, 2.24) is 4.98 Å². The first-order valence-corrected chi connectivity index (χ1v) is 24.9. The largest absolute Gasteiger partial charge is 1.00 e. The smallest absolute Gasteiger partial charge is 0.716 e. The molecule has 0 amide bonds. The molecule has 10 aromatic carbocycles. The zero-order chi connectivity index (χ0) is 47.8. The third-order valence-corrected chi connectivity index (χ3v) is 13.1. The van der Waals surface area contributed by atoms with Gasteiger partial charge in [0.2, 0.25) is 0 Å². The van der Waals surface area contributed by atoms with Gasteiger partial charge in [-0.05, 0) is 52.6 Å².